The molecule has 1 unspecified atom stereocenters. The molecule has 2 nitrogen and oxygen atoms in total. The van der Waals surface area contributed by atoms with E-state index in [0.717, 1.165) is 6.21 Å². The zero-order valence-corrected chi connectivity index (χ0v) is 6.17. The molecule has 0 aliphatic carbocycles. The topological polar surface area (TPSA) is 36.1 Å². The second-order valence-electron chi connectivity index (χ2n) is 2.65. The molecule has 0 aromatic rings. The fourth-order valence-electron chi connectivity index (χ4n) is 1.18. The molecule has 12 heavy (non-hydrogen) atoms. The van der Waals surface area contributed by atoms with E-state index in [1.165, 1.54) is 0 Å². The number of alkyl halides is 3. The molecule has 1 heterocycles. The van der Waals surface area contributed by atoms with Crippen LogP contribution in [-0.4, -0.2) is 18.9 Å². The van der Waals surface area contributed by atoms with Gasteiger partial charge in [-0.05, 0) is 6.42 Å². The number of halogens is 3. The van der Waals surface area contributed by atoms with Crippen molar-refractivity contribution in [3.05, 3.63) is 0 Å². The molecule has 0 fully saturated rings. The molecule has 0 saturated heterocycles. The summed E-state index contributed by atoms with van der Waals surface area (Å²) < 4.78 is 36.5. The van der Waals surface area contributed by atoms with E-state index in [1.54, 1.807) is 6.07 Å². The van der Waals surface area contributed by atoms with Crippen LogP contribution in [0.1, 0.15) is 6.42 Å². The second-order valence-corrected chi connectivity index (χ2v) is 2.65. The van der Waals surface area contributed by atoms with Crippen molar-refractivity contribution < 1.29 is 13.2 Å². The molecule has 1 aliphatic heterocycles. The van der Waals surface area contributed by atoms with Crippen LogP contribution in [0, 0.1) is 23.2 Å². The van der Waals surface area contributed by atoms with Crippen molar-refractivity contribution in [2.75, 3.05) is 6.54 Å². The normalized spacial score (nSPS) is 29.8. The Morgan fingerprint density at radius 1 is 1.50 bits per heavy atom. The van der Waals surface area contributed by atoms with Gasteiger partial charge in [-0.2, -0.15) is 18.4 Å². The molecule has 1 rings (SSSR count). The summed E-state index contributed by atoms with van der Waals surface area (Å²) in [7, 11) is 0. The molecule has 66 valence electrons. The smallest absolute Gasteiger partial charge is 0.296 e. The summed E-state index contributed by atoms with van der Waals surface area (Å²) >= 11 is 0. The molecule has 0 spiro atoms. The zero-order chi connectivity index (χ0) is 9.19. The molecule has 0 saturated carbocycles. The van der Waals surface area contributed by atoms with Gasteiger partial charge in [-0.1, -0.05) is 0 Å². The number of rotatable bonds is 0. The summed E-state index contributed by atoms with van der Waals surface area (Å²) in [6.07, 6.45) is -3.24. The summed E-state index contributed by atoms with van der Waals surface area (Å²) in [6.45, 7) is 0.169. The summed E-state index contributed by atoms with van der Waals surface area (Å²) in [4.78, 5) is 3.65. The molecule has 0 amide bonds. The molecular formula is C7H7F3N2. The first kappa shape index (κ1) is 9.04. The number of nitrogens with zero attached hydrogens (tertiary/aromatic N) is 2. The highest BCUT2D eigenvalue weighted by atomic mass is 19.4. The van der Waals surface area contributed by atoms with Gasteiger partial charge in [0, 0.05) is 12.8 Å². The van der Waals surface area contributed by atoms with Gasteiger partial charge in [-0.25, -0.2) is 0 Å². The van der Waals surface area contributed by atoms with Gasteiger partial charge >= 0.3 is 6.18 Å². The lowest BCUT2D eigenvalue weighted by Gasteiger charge is -2.24. The van der Waals surface area contributed by atoms with E-state index in [2.05, 4.69) is 4.99 Å². The minimum absolute atomic E-state index is 0.0712. The first-order valence-electron chi connectivity index (χ1n) is 3.52. The van der Waals surface area contributed by atoms with Gasteiger partial charge in [-0.15, -0.1) is 0 Å². The SMILES string of the molecule is N#CC1C=NCC[C@H]1C(F)(F)F. The lowest BCUT2D eigenvalue weighted by Crippen LogP contribution is -2.33. The first-order chi connectivity index (χ1) is 5.55. The fraction of sp³-hybridized carbons (Fsp3) is 0.714. The first-order valence-corrected chi connectivity index (χ1v) is 3.52. The van der Waals surface area contributed by atoms with Crippen LogP contribution >= 0.6 is 0 Å². The van der Waals surface area contributed by atoms with E-state index < -0.39 is 18.0 Å². The third-order valence-corrected chi connectivity index (χ3v) is 1.84. The van der Waals surface area contributed by atoms with Crippen LogP contribution in [0.25, 0.3) is 0 Å². The molecule has 0 aromatic heterocycles. The van der Waals surface area contributed by atoms with Crippen molar-refractivity contribution in [1.29, 1.82) is 5.26 Å². The highest BCUT2D eigenvalue weighted by molar-refractivity contribution is 5.65. The molecule has 0 N–H and O–H groups in total. The van der Waals surface area contributed by atoms with Crippen molar-refractivity contribution in [2.45, 2.75) is 12.6 Å². The van der Waals surface area contributed by atoms with Gasteiger partial charge in [0.05, 0.1) is 17.9 Å². The van der Waals surface area contributed by atoms with E-state index in [9.17, 15) is 13.2 Å². The third-order valence-electron chi connectivity index (χ3n) is 1.84. The van der Waals surface area contributed by atoms with E-state index in [1.807, 2.05) is 0 Å². The predicted molar refractivity (Wildman–Crippen MR) is 36.6 cm³/mol. The number of nitriles is 1. The Hall–Kier alpha value is -1.05. The Labute approximate surface area is 67.7 Å². The summed E-state index contributed by atoms with van der Waals surface area (Å²) in [5, 5.41) is 8.38. The van der Waals surface area contributed by atoms with Crippen molar-refractivity contribution in [3.63, 3.8) is 0 Å². The van der Waals surface area contributed by atoms with Crippen LogP contribution in [0.2, 0.25) is 0 Å². The van der Waals surface area contributed by atoms with Crippen LogP contribution < -0.4 is 0 Å². The molecule has 0 radical (unpaired) electrons. The van der Waals surface area contributed by atoms with E-state index in [0.29, 0.717) is 0 Å². The second kappa shape index (κ2) is 3.13. The van der Waals surface area contributed by atoms with E-state index in [4.69, 9.17) is 5.26 Å². The Morgan fingerprint density at radius 2 is 2.17 bits per heavy atom. The average Bonchev–Trinajstić information content (AvgIpc) is 2.03. The maximum absolute atomic E-state index is 12.2. The minimum atomic E-state index is -4.27. The number of hydrogen-bond donors (Lipinski definition) is 0. The summed E-state index contributed by atoms with van der Waals surface area (Å²) in [5.41, 5.74) is 0. The van der Waals surface area contributed by atoms with Gasteiger partial charge in [0.25, 0.3) is 0 Å². The predicted octanol–water partition coefficient (Wildman–Crippen LogP) is 1.78. The Bertz CT molecular complexity index is 226. The van der Waals surface area contributed by atoms with Crippen LogP contribution in [0.5, 0.6) is 0 Å². The monoisotopic (exact) mass is 176 g/mol. The molecule has 0 aromatic carbocycles. The third kappa shape index (κ3) is 1.76. The quantitative estimate of drug-likeness (QED) is 0.554. The van der Waals surface area contributed by atoms with Crippen molar-refractivity contribution in [1.82, 2.24) is 0 Å². The maximum Gasteiger partial charge on any atom is 0.393 e. The molecular weight excluding hydrogens is 169 g/mol. The van der Waals surface area contributed by atoms with Crippen LogP contribution in [0.4, 0.5) is 13.2 Å². The highest BCUT2D eigenvalue weighted by Gasteiger charge is 2.44. The highest BCUT2D eigenvalue weighted by Crippen LogP contribution is 2.35. The van der Waals surface area contributed by atoms with Gasteiger partial charge in [0.1, 0.15) is 0 Å². The van der Waals surface area contributed by atoms with E-state index in [-0.39, 0.29) is 13.0 Å². The Balaban J connectivity index is 2.78. The van der Waals surface area contributed by atoms with Gasteiger partial charge in [0.15, 0.2) is 0 Å². The standard InChI is InChI=1S/C7H7F3N2/c8-7(9,10)6-1-2-12-4-5(6)3-11/h4-6H,1-2H2/t5?,6-/m1/s1. The molecule has 1 aliphatic rings. The molecule has 0 bridgehead atoms. The number of hydrogen-bond acceptors (Lipinski definition) is 2. The zero-order valence-electron chi connectivity index (χ0n) is 6.17. The van der Waals surface area contributed by atoms with E-state index >= 15 is 0 Å². The Kier molecular flexibility index (Phi) is 2.36. The number of aliphatic imine (C=N–C) groups is 1. The lowest BCUT2D eigenvalue weighted by molar-refractivity contribution is -0.180. The van der Waals surface area contributed by atoms with Crippen molar-refractivity contribution >= 4 is 6.21 Å². The van der Waals surface area contributed by atoms with Crippen molar-refractivity contribution in [3.8, 4) is 6.07 Å². The molecule has 2 atom stereocenters. The van der Waals surface area contributed by atoms with Crippen molar-refractivity contribution in [2.24, 2.45) is 16.8 Å². The van der Waals surface area contributed by atoms with Gasteiger partial charge < -0.3 is 0 Å². The van der Waals surface area contributed by atoms with Crippen LogP contribution in [0.3, 0.4) is 0 Å². The van der Waals surface area contributed by atoms with Crippen LogP contribution in [-0.2, 0) is 0 Å². The minimum Gasteiger partial charge on any atom is -0.296 e. The Morgan fingerprint density at radius 3 is 2.58 bits per heavy atom. The van der Waals surface area contributed by atoms with Crippen LogP contribution in [0.15, 0.2) is 4.99 Å². The summed E-state index contributed by atoms with van der Waals surface area (Å²) in [6, 6.07) is 1.59. The summed E-state index contributed by atoms with van der Waals surface area (Å²) in [5.74, 6) is -2.63. The lowest BCUT2D eigenvalue weighted by atomic mass is 9.89. The van der Waals surface area contributed by atoms with Gasteiger partial charge in [0.2, 0.25) is 0 Å². The molecule has 5 heteroatoms. The fourth-order valence-corrected chi connectivity index (χ4v) is 1.18. The average molecular weight is 176 g/mol. The van der Waals surface area contributed by atoms with Gasteiger partial charge in [-0.3, -0.25) is 4.99 Å². The maximum atomic E-state index is 12.2. The largest absolute Gasteiger partial charge is 0.393 e.